The van der Waals surface area contributed by atoms with Crippen LogP contribution in [0.15, 0.2) is 29.2 Å². The standard InChI is InChI=1S/C13H16N2O2S/c1-9-4-3-5-11(8-9)18-10(2)12(16)15-7-6-14-13(15)17/h3-5,8,10H,6-7H2,1-2H3,(H,14,17). The van der Waals surface area contributed by atoms with Gasteiger partial charge >= 0.3 is 6.03 Å². The molecule has 0 aromatic heterocycles. The molecule has 96 valence electrons. The number of amides is 3. The second kappa shape index (κ2) is 5.44. The average molecular weight is 264 g/mol. The number of nitrogens with zero attached hydrogens (tertiary/aromatic N) is 1. The number of hydrogen-bond acceptors (Lipinski definition) is 3. The highest BCUT2D eigenvalue weighted by Crippen LogP contribution is 2.25. The van der Waals surface area contributed by atoms with Crippen LogP contribution in [0.25, 0.3) is 0 Å². The molecule has 5 heteroatoms. The van der Waals surface area contributed by atoms with E-state index in [1.54, 1.807) is 0 Å². The highest BCUT2D eigenvalue weighted by atomic mass is 32.2. The van der Waals surface area contributed by atoms with E-state index in [0.29, 0.717) is 13.1 Å². The Hall–Kier alpha value is -1.49. The summed E-state index contributed by atoms with van der Waals surface area (Å²) in [6.07, 6.45) is 0. The zero-order valence-corrected chi connectivity index (χ0v) is 11.3. The normalized spacial score (nSPS) is 16.6. The number of imide groups is 1. The largest absolute Gasteiger partial charge is 0.336 e. The Morgan fingerprint density at radius 3 is 2.89 bits per heavy atom. The van der Waals surface area contributed by atoms with Gasteiger partial charge in [0.1, 0.15) is 0 Å². The number of nitrogens with one attached hydrogen (secondary N) is 1. The van der Waals surface area contributed by atoms with Crippen molar-refractivity contribution >= 4 is 23.7 Å². The number of carbonyl (C=O) groups is 2. The molecule has 18 heavy (non-hydrogen) atoms. The maximum absolute atomic E-state index is 12.1. The van der Waals surface area contributed by atoms with Gasteiger partial charge in [-0.05, 0) is 26.0 Å². The van der Waals surface area contributed by atoms with E-state index in [0.717, 1.165) is 4.90 Å². The summed E-state index contributed by atoms with van der Waals surface area (Å²) in [6.45, 7) is 4.87. The van der Waals surface area contributed by atoms with Gasteiger partial charge in [0.15, 0.2) is 0 Å². The second-order valence-electron chi connectivity index (χ2n) is 4.30. The van der Waals surface area contributed by atoms with Crippen LogP contribution < -0.4 is 5.32 Å². The molecule has 4 nitrogen and oxygen atoms in total. The molecule has 1 heterocycles. The molecule has 0 saturated carbocycles. The fourth-order valence-corrected chi connectivity index (χ4v) is 2.89. The Labute approximate surface area is 111 Å². The summed E-state index contributed by atoms with van der Waals surface area (Å²) in [4.78, 5) is 25.8. The van der Waals surface area contributed by atoms with Gasteiger partial charge in [0, 0.05) is 18.0 Å². The van der Waals surface area contributed by atoms with Gasteiger partial charge in [-0.1, -0.05) is 17.7 Å². The molecule has 1 fully saturated rings. The quantitative estimate of drug-likeness (QED) is 0.850. The van der Waals surface area contributed by atoms with Crippen LogP contribution in [-0.2, 0) is 4.79 Å². The SMILES string of the molecule is Cc1cccc(SC(C)C(=O)N2CCNC2=O)c1. The molecule has 3 amide bonds. The van der Waals surface area contributed by atoms with Crippen LogP contribution in [0.1, 0.15) is 12.5 Å². The van der Waals surface area contributed by atoms with Crippen molar-refractivity contribution in [3.8, 4) is 0 Å². The molecule has 1 aliphatic heterocycles. The zero-order valence-electron chi connectivity index (χ0n) is 10.5. The highest BCUT2D eigenvalue weighted by molar-refractivity contribution is 8.00. The van der Waals surface area contributed by atoms with E-state index in [1.165, 1.54) is 22.2 Å². The van der Waals surface area contributed by atoms with Crippen molar-refractivity contribution in [2.45, 2.75) is 24.0 Å². The van der Waals surface area contributed by atoms with Crippen molar-refractivity contribution in [2.24, 2.45) is 0 Å². The number of carbonyl (C=O) groups excluding carboxylic acids is 2. The Bertz CT molecular complexity index is 476. The zero-order chi connectivity index (χ0) is 13.1. The van der Waals surface area contributed by atoms with E-state index in [1.807, 2.05) is 38.1 Å². The summed E-state index contributed by atoms with van der Waals surface area (Å²) in [5.74, 6) is -0.128. The monoisotopic (exact) mass is 264 g/mol. The number of hydrogen-bond donors (Lipinski definition) is 1. The lowest BCUT2D eigenvalue weighted by Gasteiger charge is -2.17. The minimum absolute atomic E-state index is 0.128. The van der Waals surface area contributed by atoms with Gasteiger partial charge in [-0.15, -0.1) is 11.8 Å². The molecule has 1 aromatic rings. The van der Waals surface area contributed by atoms with Gasteiger partial charge in [-0.25, -0.2) is 4.79 Å². The summed E-state index contributed by atoms with van der Waals surface area (Å²) in [6, 6.07) is 7.73. The fourth-order valence-electron chi connectivity index (χ4n) is 1.84. The number of rotatable bonds is 3. The first-order valence-electron chi connectivity index (χ1n) is 5.90. The first kappa shape index (κ1) is 13.0. The molecule has 1 atom stereocenters. The van der Waals surface area contributed by atoms with Crippen LogP contribution in [0.5, 0.6) is 0 Å². The van der Waals surface area contributed by atoms with Gasteiger partial charge < -0.3 is 5.32 Å². The smallest absolute Gasteiger partial charge is 0.324 e. The van der Waals surface area contributed by atoms with Crippen molar-refractivity contribution < 1.29 is 9.59 Å². The molecule has 0 aliphatic carbocycles. The van der Waals surface area contributed by atoms with Crippen LogP contribution in [0, 0.1) is 6.92 Å². The number of urea groups is 1. The number of benzene rings is 1. The molecule has 1 N–H and O–H groups in total. The van der Waals surface area contributed by atoms with E-state index < -0.39 is 0 Å². The Morgan fingerprint density at radius 2 is 2.28 bits per heavy atom. The summed E-state index contributed by atoms with van der Waals surface area (Å²) >= 11 is 1.48. The predicted octanol–water partition coefficient (Wildman–Crippen LogP) is 2.03. The summed E-state index contributed by atoms with van der Waals surface area (Å²) < 4.78 is 0. The molecule has 1 unspecified atom stereocenters. The maximum atomic E-state index is 12.1. The second-order valence-corrected chi connectivity index (χ2v) is 5.71. The first-order chi connectivity index (χ1) is 8.58. The average Bonchev–Trinajstić information content (AvgIpc) is 2.74. The van der Waals surface area contributed by atoms with Crippen molar-refractivity contribution in [1.82, 2.24) is 10.2 Å². The van der Waals surface area contributed by atoms with Gasteiger partial charge in [-0.2, -0.15) is 0 Å². The van der Waals surface area contributed by atoms with Gasteiger partial charge in [0.25, 0.3) is 0 Å². The van der Waals surface area contributed by atoms with Crippen molar-refractivity contribution in [3.05, 3.63) is 29.8 Å². The molecule has 2 rings (SSSR count). The molecular weight excluding hydrogens is 248 g/mol. The Morgan fingerprint density at radius 1 is 1.50 bits per heavy atom. The van der Waals surface area contributed by atoms with Crippen LogP contribution >= 0.6 is 11.8 Å². The first-order valence-corrected chi connectivity index (χ1v) is 6.78. The lowest BCUT2D eigenvalue weighted by Crippen LogP contribution is -2.38. The Balaban J connectivity index is 2.01. The summed E-state index contributed by atoms with van der Waals surface area (Å²) in [5.41, 5.74) is 1.17. The summed E-state index contributed by atoms with van der Waals surface area (Å²) in [7, 11) is 0. The van der Waals surface area contributed by atoms with E-state index in [2.05, 4.69) is 5.32 Å². The maximum Gasteiger partial charge on any atom is 0.324 e. The number of thioether (sulfide) groups is 1. The molecule has 0 bridgehead atoms. The topological polar surface area (TPSA) is 49.4 Å². The van der Waals surface area contributed by atoms with E-state index in [4.69, 9.17) is 0 Å². The minimum Gasteiger partial charge on any atom is -0.336 e. The van der Waals surface area contributed by atoms with Gasteiger partial charge in [0.2, 0.25) is 5.91 Å². The molecule has 1 aromatic carbocycles. The van der Waals surface area contributed by atoms with E-state index in [-0.39, 0.29) is 17.2 Å². The van der Waals surface area contributed by atoms with E-state index in [9.17, 15) is 9.59 Å². The molecule has 0 spiro atoms. The lowest BCUT2D eigenvalue weighted by atomic mass is 10.2. The minimum atomic E-state index is -0.281. The third kappa shape index (κ3) is 2.85. The Kier molecular flexibility index (Phi) is 3.91. The molecule has 0 radical (unpaired) electrons. The molecular formula is C13H16N2O2S. The van der Waals surface area contributed by atoms with Gasteiger partial charge in [0.05, 0.1) is 5.25 Å². The van der Waals surface area contributed by atoms with Crippen molar-refractivity contribution in [1.29, 1.82) is 0 Å². The van der Waals surface area contributed by atoms with Crippen molar-refractivity contribution in [2.75, 3.05) is 13.1 Å². The third-order valence-electron chi connectivity index (χ3n) is 2.77. The predicted molar refractivity (Wildman–Crippen MR) is 71.6 cm³/mol. The fraction of sp³-hybridized carbons (Fsp3) is 0.385. The van der Waals surface area contributed by atoms with Gasteiger partial charge in [-0.3, -0.25) is 9.69 Å². The highest BCUT2D eigenvalue weighted by Gasteiger charge is 2.29. The summed E-state index contributed by atoms with van der Waals surface area (Å²) in [5, 5.41) is 2.38. The van der Waals surface area contributed by atoms with Crippen molar-refractivity contribution in [3.63, 3.8) is 0 Å². The molecule has 1 aliphatic rings. The van der Waals surface area contributed by atoms with Crippen LogP contribution in [0.3, 0.4) is 0 Å². The van der Waals surface area contributed by atoms with Crippen LogP contribution in [0.2, 0.25) is 0 Å². The van der Waals surface area contributed by atoms with E-state index >= 15 is 0 Å². The van der Waals surface area contributed by atoms with Crippen LogP contribution in [0.4, 0.5) is 4.79 Å². The lowest BCUT2D eigenvalue weighted by molar-refractivity contribution is -0.126. The third-order valence-corrected chi connectivity index (χ3v) is 3.85. The number of aryl methyl sites for hydroxylation is 1. The van der Waals surface area contributed by atoms with Crippen LogP contribution in [-0.4, -0.2) is 35.2 Å². The molecule has 1 saturated heterocycles.